The van der Waals surface area contributed by atoms with Gasteiger partial charge in [0.1, 0.15) is 11.0 Å². The monoisotopic (exact) mass is 428 g/mol. The Morgan fingerprint density at radius 3 is 2.97 bits per heavy atom. The van der Waals surface area contributed by atoms with Gasteiger partial charge in [0.2, 0.25) is 5.91 Å². The number of thiazole rings is 1. The molecule has 2 heterocycles. The molecule has 152 valence electrons. The highest BCUT2D eigenvalue weighted by Gasteiger charge is 2.25. The second-order valence-corrected chi connectivity index (χ2v) is 9.21. The molecular weight excluding hydrogens is 404 g/mol. The van der Waals surface area contributed by atoms with E-state index in [0.717, 1.165) is 45.3 Å². The summed E-state index contributed by atoms with van der Waals surface area (Å²) in [4.78, 5) is 17.7. The summed E-state index contributed by atoms with van der Waals surface area (Å²) in [6.45, 7) is 3.94. The van der Waals surface area contributed by atoms with Crippen molar-refractivity contribution in [2.24, 2.45) is 0 Å². The van der Waals surface area contributed by atoms with Crippen molar-refractivity contribution >= 4 is 39.2 Å². The lowest BCUT2D eigenvalue weighted by Crippen LogP contribution is -2.34. The molecule has 0 radical (unpaired) electrons. The number of aromatic nitrogens is 1. The lowest BCUT2D eigenvalue weighted by Gasteiger charge is -2.17. The van der Waals surface area contributed by atoms with Crippen LogP contribution < -0.4 is 10.1 Å². The Balaban J connectivity index is 1.53. The molecule has 0 saturated carbocycles. The van der Waals surface area contributed by atoms with Crippen LogP contribution in [0.15, 0.2) is 52.9 Å². The summed E-state index contributed by atoms with van der Waals surface area (Å²) in [6.07, 6.45) is 2.19. The minimum Gasteiger partial charge on any atom is -0.494 e. The number of carbonyl (C=O) groups excluding carboxylic acids is 1. The molecule has 1 fully saturated rings. The Morgan fingerprint density at radius 2 is 2.21 bits per heavy atom. The molecule has 7 heteroatoms. The van der Waals surface area contributed by atoms with E-state index in [0.29, 0.717) is 13.2 Å². The summed E-state index contributed by atoms with van der Waals surface area (Å²) in [7, 11) is 0. The molecule has 0 aliphatic carbocycles. The first-order chi connectivity index (χ1) is 14.2. The third-order valence-corrected chi connectivity index (χ3v) is 7.10. The van der Waals surface area contributed by atoms with Gasteiger partial charge in [0.05, 0.1) is 22.9 Å². The summed E-state index contributed by atoms with van der Waals surface area (Å²) in [6, 6.07) is 15.8. The third kappa shape index (κ3) is 5.10. The van der Waals surface area contributed by atoms with Crippen molar-refractivity contribution in [3.63, 3.8) is 0 Å². The highest BCUT2D eigenvalue weighted by molar-refractivity contribution is 8.02. The van der Waals surface area contributed by atoms with Gasteiger partial charge < -0.3 is 14.8 Å². The molecular formula is C22H24N2O3S2. The summed E-state index contributed by atoms with van der Waals surface area (Å²) in [5, 5.41) is 2.72. The quantitative estimate of drug-likeness (QED) is 0.521. The predicted octanol–water partition coefficient (Wildman–Crippen LogP) is 4.82. The van der Waals surface area contributed by atoms with E-state index < -0.39 is 0 Å². The van der Waals surface area contributed by atoms with Gasteiger partial charge in [-0.1, -0.05) is 42.1 Å². The van der Waals surface area contributed by atoms with Gasteiger partial charge in [0, 0.05) is 13.2 Å². The highest BCUT2D eigenvalue weighted by atomic mass is 32.2. The molecule has 0 bridgehead atoms. The summed E-state index contributed by atoms with van der Waals surface area (Å²) in [5.74, 6) is 0.833. The fourth-order valence-electron chi connectivity index (χ4n) is 3.30. The van der Waals surface area contributed by atoms with Crippen molar-refractivity contribution in [1.82, 2.24) is 10.3 Å². The molecule has 1 aromatic heterocycles. The zero-order valence-corrected chi connectivity index (χ0v) is 17.9. The molecule has 1 amide bonds. The first-order valence-electron chi connectivity index (χ1n) is 9.87. The summed E-state index contributed by atoms with van der Waals surface area (Å²) >= 11 is 3.08. The van der Waals surface area contributed by atoms with Crippen molar-refractivity contribution in [3.05, 3.63) is 54.1 Å². The number of nitrogens with zero attached hydrogens (tertiary/aromatic N) is 1. The predicted molar refractivity (Wildman–Crippen MR) is 118 cm³/mol. The Kier molecular flexibility index (Phi) is 6.69. The van der Waals surface area contributed by atoms with E-state index in [4.69, 9.17) is 14.5 Å². The largest absolute Gasteiger partial charge is 0.494 e. The molecule has 1 N–H and O–H groups in total. The standard InChI is InChI=1S/C22H24N2O3S2/c1-2-26-16-10-11-18-19(13-16)28-22(24-18)29-20(15-7-4-3-5-8-15)21(25)23-14-17-9-6-12-27-17/h3-5,7-8,10-11,13,17,20H,2,6,9,12,14H2,1H3,(H,23,25)/t17-,20+/m0/s1. The maximum Gasteiger partial charge on any atom is 0.238 e. The van der Waals surface area contributed by atoms with Crippen molar-refractivity contribution in [2.75, 3.05) is 19.8 Å². The van der Waals surface area contributed by atoms with E-state index in [1.54, 1.807) is 11.3 Å². The van der Waals surface area contributed by atoms with Crippen LogP contribution >= 0.6 is 23.1 Å². The number of fused-ring (bicyclic) bond motifs is 1. The SMILES string of the molecule is CCOc1ccc2nc(S[C@@H](C(=O)NC[C@@H]3CCCO3)c3ccccc3)sc2c1. The van der Waals surface area contributed by atoms with Gasteiger partial charge in [-0.25, -0.2) is 4.98 Å². The number of thioether (sulfide) groups is 1. The summed E-state index contributed by atoms with van der Waals surface area (Å²) < 4.78 is 13.2. The normalized spacial score (nSPS) is 17.3. The van der Waals surface area contributed by atoms with Crippen LogP contribution in [0.25, 0.3) is 10.2 Å². The molecule has 0 spiro atoms. The zero-order chi connectivity index (χ0) is 20.1. The van der Waals surface area contributed by atoms with E-state index in [1.165, 1.54) is 11.8 Å². The first-order valence-corrected chi connectivity index (χ1v) is 11.6. The van der Waals surface area contributed by atoms with E-state index in [2.05, 4.69) is 5.32 Å². The minimum atomic E-state index is -0.357. The fourth-order valence-corrected chi connectivity index (χ4v) is 5.62. The molecule has 2 aromatic carbocycles. The van der Waals surface area contributed by atoms with Gasteiger partial charge in [0.25, 0.3) is 0 Å². The molecule has 1 aliphatic heterocycles. The molecule has 2 atom stereocenters. The van der Waals surface area contributed by atoms with Gasteiger partial charge >= 0.3 is 0 Å². The lowest BCUT2D eigenvalue weighted by atomic mass is 10.1. The van der Waals surface area contributed by atoms with E-state index >= 15 is 0 Å². The average molecular weight is 429 g/mol. The Hall–Kier alpha value is -2.09. The molecule has 3 aromatic rings. The maximum atomic E-state index is 13.0. The van der Waals surface area contributed by atoms with Gasteiger partial charge in [-0.15, -0.1) is 11.3 Å². The van der Waals surface area contributed by atoms with Gasteiger partial charge in [-0.2, -0.15) is 0 Å². The molecule has 1 saturated heterocycles. The fraction of sp³-hybridized carbons (Fsp3) is 0.364. The van der Waals surface area contributed by atoms with Crippen LogP contribution in [0.5, 0.6) is 5.75 Å². The Bertz CT molecular complexity index is 955. The number of carbonyl (C=O) groups is 1. The van der Waals surface area contributed by atoms with Crippen LogP contribution in [-0.4, -0.2) is 36.8 Å². The van der Waals surface area contributed by atoms with Gasteiger partial charge in [0.15, 0.2) is 4.34 Å². The molecule has 5 nitrogen and oxygen atoms in total. The Morgan fingerprint density at radius 1 is 1.34 bits per heavy atom. The smallest absolute Gasteiger partial charge is 0.238 e. The van der Waals surface area contributed by atoms with Crippen LogP contribution in [0.2, 0.25) is 0 Å². The first kappa shape index (κ1) is 20.2. The zero-order valence-electron chi connectivity index (χ0n) is 16.3. The molecule has 29 heavy (non-hydrogen) atoms. The van der Waals surface area contributed by atoms with E-state index in [-0.39, 0.29) is 17.3 Å². The minimum absolute atomic E-state index is 0.00837. The van der Waals surface area contributed by atoms with Gasteiger partial charge in [-0.05, 0) is 43.5 Å². The number of rotatable bonds is 8. The summed E-state index contributed by atoms with van der Waals surface area (Å²) in [5.41, 5.74) is 1.89. The average Bonchev–Trinajstić information content (AvgIpc) is 3.40. The number of benzene rings is 2. The number of hydrogen-bond acceptors (Lipinski definition) is 6. The lowest BCUT2D eigenvalue weighted by molar-refractivity contribution is -0.121. The van der Waals surface area contributed by atoms with E-state index in [1.807, 2.05) is 55.5 Å². The van der Waals surface area contributed by atoms with Crippen molar-refractivity contribution in [3.8, 4) is 5.75 Å². The second-order valence-electron chi connectivity index (χ2n) is 6.83. The van der Waals surface area contributed by atoms with Crippen molar-refractivity contribution in [1.29, 1.82) is 0 Å². The molecule has 4 rings (SSSR count). The number of hydrogen-bond donors (Lipinski definition) is 1. The van der Waals surface area contributed by atoms with Crippen LogP contribution in [0.1, 0.15) is 30.6 Å². The number of nitrogens with one attached hydrogen (secondary N) is 1. The second kappa shape index (κ2) is 9.61. The van der Waals surface area contributed by atoms with Crippen molar-refractivity contribution < 1.29 is 14.3 Å². The molecule has 1 aliphatic rings. The topological polar surface area (TPSA) is 60.5 Å². The highest BCUT2D eigenvalue weighted by Crippen LogP contribution is 2.40. The van der Waals surface area contributed by atoms with Crippen LogP contribution in [-0.2, 0) is 9.53 Å². The number of ether oxygens (including phenoxy) is 2. The van der Waals surface area contributed by atoms with Gasteiger partial charge in [-0.3, -0.25) is 4.79 Å². The maximum absolute atomic E-state index is 13.0. The third-order valence-electron chi connectivity index (χ3n) is 4.74. The van der Waals surface area contributed by atoms with Crippen molar-refractivity contribution in [2.45, 2.75) is 35.5 Å². The van der Waals surface area contributed by atoms with E-state index in [9.17, 15) is 4.79 Å². The van der Waals surface area contributed by atoms with Crippen LogP contribution in [0.4, 0.5) is 0 Å². The number of amides is 1. The Labute approximate surface area is 178 Å². The molecule has 0 unspecified atom stereocenters. The van der Waals surface area contributed by atoms with Crippen LogP contribution in [0, 0.1) is 0 Å². The van der Waals surface area contributed by atoms with Crippen LogP contribution in [0.3, 0.4) is 0 Å².